The van der Waals surface area contributed by atoms with Crippen LogP contribution in [0.25, 0.3) is 0 Å². The molecule has 0 saturated heterocycles. The van der Waals surface area contributed by atoms with Gasteiger partial charge in [-0.15, -0.1) is 0 Å². The summed E-state index contributed by atoms with van der Waals surface area (Å²) in [7, 11) is 0. The summed E-state index contributed by atoms with van der Waals surface area (Å²) < 4.78 is 0. The van der Waals surface area contributed by atoms with Crippen molar-refractivity contribution in [1.82, 2.24) is 15.2 Å². The van der Waals surface area contributed by atoms with Crippen LogP contribution in [0.5, 0.6) is 0 Å². The molecule has 6 nitrogen and oxygen atoms in total. The summed E-state index contributed by atoms with van der Waals surface area (Å²) in [5.74, 6) is -0.161. The van der Waals surface area contributed by atoms with E-state index in [4.69, 9.17) is 0 Å². The average molecular weight is 316 g/mol. The number of aliphatic hydroxyl groups is 1. The van der Waals surface area contributed by atoms with Crippen molar-refractivity contribution in [3.63, 3.8) is 0 Å². The van der Waals surface area contributed by atoms with Gasteiger partial charge in [-0.2, -0.15) is 5.26 Å². The number of nitrogens with one attached hydrogen (secondary N) is 1. The standard InChI is InChI=1S/C17H24N4O2/c18-14-17(6-2-1-3-7-17)20-16(23)13-21(9-10-22)12-15-5-4-8-19-11-15/h4-5,8,11,22H,1-3,6-7,9-10,12-13H2,(H,20,23). The van der Waals surface area contributed by atoms with Crippen molar-refractivity contribution in [2.45, 2.75) is 44.2 Å². The fourth-order valence-corrected chi connectivity index (χ4v) is 3.03. The third-order valence-corrected chi connectivity index (χ3v) is 4.21. The Hall–Kier alpha value is -1.97. The number of carbonyl (C=O) groups is 1. The van der Waals surface area contributed by atoms with Gasteiger partial charge in [0.1, 0.15) is 5.54 Å². The highest BCUT2D eigenvalue weighted by atomic mass is 16.3. The van der Waals surface area contributed by atoms with E-state index in [2.05, 4.69) is 16.4 Å². The fraction of sp³-hybridized carbons (Fsp3) is 0.588. The summed E-state index contributed by atoms with van der Waals surface area (Å²) >= 11 is 0. The molecule has 1 aromatic rings. The molecule has 23 heavy (non-hydrogen) atoms. The molecule has 1 aromatic heterocycles. The molecule has 0 aromatic carbocycles. The summed E-state index contributed by atoms with van der Waals surface area (Å²) in [6.07, 6.45) is 7.97. The fourth-order valence-electron chi connectivity index (χ4n) is 3.03. The van der Waals surface area contributed by atoms with Crippen LogP contribution in [0.4, 0.5) is 0 Å². The Balaban J connectivity index is 1.93. The predicted molar refractivity (Wildman–Crippen MR) is 86.2 cm³/mol. The number of hydrogen-bond donors (Lipinski definition) is 2. The van der Waals surface area contributed by atoms with Crippen LogP contribution in [-0.2, 0) is 11.3 Å². The summed E-state index contributed by atoms with van der Waals surface area (Å²) in [6.45, 7) is 1.10. The lowest BCUT2D eigenvalue weighted by molar-refractivity contribution is -0.124. The summed E-state index contributed by atoms with van der Waals surface area (Å²) in [5.41, 5.74) is 0.274. The van der Waals surface area contributed by atoms with Crippen molar-refractivity contribution in [3.8, 4) is 6.07 Å². The second-order valence-corrected chi connectivity index (χ2v) is 6.10. The van der Waals surface area contributed by atoms with E-state index in [0.717, 1.165) is 37.7 Å². The SMILES string of the molecule is N#CC1(NC(=O)CN(CCO)Cc2cccnc2)CCCCC1. The highest BCUT2D eigenvalue weighted by molar-refractivity contribution is 5.79. The Morgan fingerprint density at radius 3 is 2.83 bits per heavy atom. The Morgan fingerprint density at radius 2 is 2.22 bits per heavy atom. The number of aliphatic hydroxyl groups excluding tert-OH is 1. The first kappa shape index (κ1) is 17.4. The van der Waals surface area contributed by atoms with Gasteiger partial charge in [0.25, 0.3) is 0 Å². The number of rotatable bonds is 7. The normalized spacial score (nSPS) is 16.7. The minimum absolute atomic E-state index is 0.0169. The molecule has 1 fully saturated rings. The van der Waals surface area contributed by atoms with E-state index in [1.54, 1.807) is 12.4 Å². The van der Waals surface area contributed by atoms with Crippen LogP contribution < -0.4 is 5.32 Å². The molecule has 0 radical (unpaired) electrons. The molecule has 6 heteroatoms. The Bertz CT molecular complexity index is 535. The third kappa shape index (κ3) is 5.31. The van der Waals surface area contributed by atoms with Gasteiger partial charge in [-0.3, -0.25) is 14.7 Å². The first-order chi connectivity index (χ1) is 11.2. The van der Waals surface area contributed by atoms with Crippen molar-refractivity contribution >= 4 is 5.91 Å². The van der Waals surface area contributed by atoms with Crippen LogP contribution in [0.1, 0.15) is 37.7 Å². The largest absolute Gasteiger partial charge is 0.395 e. The molecule has 0 aliphatic heterocycles. The maximum Gasteiger partial charge on any atom is 0.235 e. The number of hydrogen-bond acceptors (Lipinski definition) is 5. The molecule has 1 saturated carbocycles. The van der Waals surface area contributed by atoms with Gasteiger partial charge in [-0.1, -0.05) is 25.3 Å². The highest BCUT2D eigenvalue weighted by Gasteiger charge is 2.33. The summed E-state index contributed by atoms with van der Waals surface area (Å²) in [6, 6.07) is 6.08. The van der Waals surface area contributed by atoms with E-state index in [-0.39, 0.29) is 19.1 Å². The maximum absolute atomic E-state index is 12.3. The van der Waals surface area contributed by atoms with Crippen LogP contribution in [0.2, 0.25) is 0 Å². The van der Waals surface area contributed by atoms with Gasteiger partial charge in [0, 0.05) is 25.5 Å². The first-order valence-corrected chi connectivity index (χ1v) is 8.12. The van der Waals surface area contributed by atoms with Gasteiger partial charge in [-0.05, 0) is 24.5 Å². The lowest BCUT2D eigenvalue weighted by Gasteiger charge is -2.32. The van der Waals surface area contributed by atoms with E-state index in [1.165, 1.54) is 0 Å². The van der Waals surface area contributed by atoms with Crippen molar-refractivity contribution in [1.29, 1.82) is 5.26 Å². The minimum Gasteiger partial charge on any atom is -0.395 e. The van der Waals surface area contributed by atoms with E-state index in [9.17, 15) is 15.2 Å². The van der Waals surface area contributed by atoms with Crippen LogP contribution >= 0.6 is 0 Å². The second kappa shape index (κ2) is 8.61. The maximum atomic E-state index is 12.3. The first-order valence-electron chi connectivity index (χ1n) is 8.12. The molecule has 2 N–H and O–H groups in total. The van der Waals surface area contributed by atoms with Crippen molar-refractivity contribution < 1.29 is 9.90 Å². The lowest BCUT2D eigenvalue weighted by Crippen LogP contribution is -2.51. The molecular formula is C17H24N4O2. The van der Waals surface area contributed by atoms with Gasteiger partial charge in [0.2, 0.25) is 5.91 Å². The molecule has 0 atom stereocenters. The van der Waals surface area contributed by atoms with E-state index >= 15 is 0 Å². The van der Waals surface area contributed by atoms with E-state index in [0.29, 0.717) is 13.1 Å². The second-order valence-electron chi connectivity index (χ2n) is 6.10. The monoisotopic (exact) mass is 316 g/mol. The smallest absolute Gasteiger partial charge is 0.235 e. The average Bonchev–Trinajstić information content (AvgIpc) is 2.56. The topological polar surface area (TPSA) is 89.2 Å². The molecule has 0 unspecified atom stereocenters. The summed E-state index contributed by atoms with van der Waals surface area (Å²) in [5, 5.41) is 21.6. The zero-order valence-corrected chi connectivity index (χ0v) is 13.4. The molecule has 1 amide bonds. The van der Waals surface area contributed by atoms with Crippen molar-refractivity contribution in [2.24, 2.45) is 0 Å². The molecule has 124 valence electrons. The van der Waals surface area contributed by atoms with Gasteiger partial charge in [0.15, 0.2) is 0 Å². The summed E-state index contributed by atoms with van der Waals surface area (Å²) in [4.78, 5) is 18.3. The Labute approximate surface area is 137 Å². The number of amides is 1. The molecule has 1 aliphatic rings. The van der Waals surface area contributed by atoms with E-state index < -0.39 is 5.54 Å². The van der Waals surface area contributed by atoms with Crippen LogP contribution in [0.3, 0.4) is 0 Å². The molecule has 1 aliphatic carbocycles. The van der Waals surface area contributed by atoms with Gasteiger partial charge in [0.05, 0.1) is 19.2 Å². The quantitative estimate of drug-likeness (QED) is 0.789. The minimum atomic E-state index is -0.714. The highest BCUT2D eigenvalue weighted by Crippen LogP contribution is 2.27. The molecular weight excluding hydrogens is 292 g/mol. The van der Waals surface area contributed by atoms with Crippen molar-refractivity contribution in [3.05, 3.63) is 30.1 Å². The van der Waals surface area contributed by atoms with Crippen LogP contribution in [0, 0.1) is 11.3 Å². The zero-order chi connectivity index (χ0) is 16.5. The number of nitrogens with zero attached hydrogens (tertiary/aromatic N) is 3. The zero-order valence-electron chi connectivity index (χ0n) is 13.4. The number of nitriles is 1. The molecule has 0 spiro atoms. The molecule has 2 rings (SSSR count). The Morgan fingerprint density at radius 1 is 1.43 bits per heavy atom. The van der Waals surface area contributed by atoms with Gasteiger partial charge in [-0.25, -0.2) is 0 Å². The molecule has 0 bridgehead atoms. The number of pyridine rings is 1. The molecule has 1 heterocycles. The number of carbonyl (C=O) groups excluding carboxylic acids is 1. The van der Waals surface area contributed by atoms with Gasteiger partial charge >= 0.3 is 0 Å². The van der Waals surface area contributed by atoms with E-state index in [1.807, 2.05) is 17.0 Å². The van der Waals surface area contributed by atoms with Gasteiger partial charge < -0.3 is 10.4 Å². The van der Waals surface area contributed by atoms with Crippen molar-refractivity contribution in [2.75, 3.05) is 19.7 Å². The predicted octanol–water partition coefficient (Wildman–Crippen LogP) is 1.22. The van der Waals surface area contributed by atoms with Crippen LogP contribution in [-0.4, -0.2) is 46.1 Å². The Kier molecular flexibility index (Phi) is 6.51. The number of aromatic nitrogens is 1. The lowest BCUT2D eigenvalue weighted by atomic mass is 9.83. The van der Waals surface area contributed by atoms with Crippen LogP contribution in [0.15, 0.2) is 24.5 Å². The third-order valence-electron chi connectivity index (χ3n) is 4.21.